The lowest BCUT2D eigenvalue weighted by Crippen LogP contribution is -2.23. The Labute approximate surface area is 157 Å². The topological polar surface area (TPSA) is 51.2 Å². The molecule has 0 bridgehead atoms. The minimum Gasteiger partial charge on any atom is -0.453 e. The molecular weight excluding hydrogens is 343 g/mol. The smallest absolute Gasteiger partial charge is 0.244 e. The van der Waals surface area contributed by atoms with Crippen molar-refractivity contribution in [3.8, 4) is 11.5 Å². The summed E-state index contributed by atoms with van der Waals surface area (Å²) in [7, 11) is 0. The maximum Gasteiger partial charge on any atom is 0.244 e. The van der Waals surface area contributed by atoms with Gasteiger partial charge in [-0.2, -0.15) is 0 Å². The molecule has 0 saturated carbocycles. The lowest BCUT2D eigenvalue weighted by atomic mass is 10.1. The second-order valence-electron chi connectivity index (χ2n) is 5.84. The summed E-state index contributed by atoms with van der Waals surface area (Å²) in [5.41, 5.74) is 1.73. The number of amides is 1. The Kier molecular flexibility index (Phi) is 6.30. The van der Waals surface area contributed by atoms with Gasteiger partial charge in [0.2, 0.25) is 5.91 Å². The van der Waals surface area contributed by atoms with Gasteiger partial charge in [-0.1, -0.05) is 36.4 Å². The molecule has 1 amide bonds. The number of pyridine rings is 1. The third kappa shape index (κ3) is 5.78. The van der Waals surface area contributed by atoms with E-state index < -0.39 is 5.82 Å². The number of carbonyl (C=O) groups excluding carboxylic acids is 1. The van der Waals surface area contributed by atoms with Crippen molar-refractivity contribution >= 4 is 12.0 Å². The van der Waals surface area contributed by atoms with E-state index in [1.807, 2.05) is 30.3 Å². The van der Waals surface area contributed by atoms with Crippen molar-refractivity contribution in [1.29, 1.82) is 0 Å². The third-order valence-electron chi connectivity index (χ3n) is 3.80. The quantitative estimate of drug-likeness (QED) is 0.635. The molecule has 136 valence electrons. The normalized spacial score (nSPS) is 10.7. The molecule has 0 spiro atoms. The molecule has 1 aromatic heterocycles. The van der Waals surface area contributed by atoms with Crippen molar-refractivity contribution in [3.63, 3.8) is 0 Å². The van der Waals surface area contributed by atoms with Crippen molar-refractivity contribution in [2.75, 3.05) is 6.54 Å². The van der Waals surface area contributed by atoms with Crippen LogP contribution in [0.4, 0.5) is 4.39 Å². The molecule has 0 saturated heterocycles. The fourth-order valence-electron chi connectivity index (χ4n) is 2.44. The molecule has 0 radical (unpaired) electrons. The van der Waals surface area contributed by atoms with Crippen molar-refractivity contribution in [2.24, 2.45) is 0 Å². The first-order valence-corrected chi connectivity index (χ1v) is 8.58. The summed E-state index contributed by atoms with van der Waals surface area (Å²) in [6, 6.07) is 17.8. The van der Waals surface area contributed by atoms with Gasteiger partial charge in [0.1, 0.15) is 5.75 Å². The van der Waals surface area contributed by atoms with Crippen LogP contribution in [0.1, 0.15) is 11.1 Å². The van der Waals surface area contributed by atoms with Crippen LogP contribution < -0.4 is 10.1 Å². The zero-order valence-electron chi connectivity index (χ0n) is 14.6. The number of nitrogens with zero attached hydrogens (tertiary/aromatic N) is 1. The van der Waals surface area contributed by atoms with Gasteiger partial charge in [0, 0.05) is 18.8 Å². The second kappa shape index (κ2) is 9.29. The van der Waals surface area contributed by atoms with Crippen molar-refractivity contribution < 1.29 is 13.9 Å². The Bertz CT molecular complexity index is 912. The van der Waals surface area contributed by atoms with E-state index in [-0.39, 0.29) is 11.7 Å². The molecule has 3 rings (SSSR count). The summed E-state index contributed by atoms with van der Waals surface area (Å²) < 4.78 is 19.6. The largest absolute Gasteiger partial charge is 0.453 e. The summed E-state index contributed by atoms with van der Waals surface area (Å²) >= 11 is 0. The van der Waals surface area contributed by atoms with E-state index in [9.17, 15) is 9.18 Å². The molecule has 0 atom stereocenters. The maximum absolute atomic E-state index is 14.2. The number of hydrogen-bond acceptors (Lipinski definition) is 3. The number of nitrogens with one attached hydrogen (secondary N) is 1. The van der Waals surface area contributed by atoms with Gasteiger partial charge in [-0.25, -0.2) is 4.39 Å². The highest BCUT2D eigenvalue weighted by Crippen LogP contribution is 2.24. The van der Waals surface area contributed by atoms with Crippen LogP contribution in [0, 0.1) is 5.82 Å². The summed E-state index contributed by atoms with van der Waals surface area (Å²) in [6.07, 6.45) is 6.83. The molecule has 5 heteroatoms. The van der Waals surface area contributed by atoms with Crippen molar-refractivity contribution in [1.82, 2.24) is 10.3 Å². The van der Waals surface area contributed by atoms with Crippen molar-refractivity contribution in [2.45, 2.75) is 6.42 Å². The van der Waals surface area contributed by atoms with Gasteiger partial charge in [-0.05, 0) is 47.9 Å². The fourth-order valence-corrected chi connectivity index (χ4v) is 2.44. The Hall–Kier alpha value is -3.47. The number of hydrogen-bond donors (Lipinski definition) is 1. The Balaban J connectivity index is 1.52. The molecule has 1 heterocycles. The number of rotatable bonds is 7. The van der Waals surface area contributed by atoms with Gasteiger partial charge in [0.15, 0.2) is 11.6 Å². The standard InChI is InChI=1S/C22H19FN2O2/c23-20-15-18(8-10-21(20)27-19-7-4-13-24-16-19)9-11-22(26)25-14-12-17-5-2-1-3-6-17/h1-11,13,15-16H,12,14H2,(H,25,26)/b11-9+. The predicted octanol–water partition coefficient (Wildman–Crippen LogP) is 4.39. The molecule has 1 N–H and O–H groups in total. The summed E-state index contributed by atoms with van der Waals surface area (Å²) in [5.74, 6) is -0.169. The average molecular weight is 362 g/mol. The zero-order chi connectivity index (χ0) is 18.9. The highest BCUT2D eigenvalue weighted by atomic mass is 19.1. The summed E-state index contributed by atoms with van der Waals surface area (Å²) in [6.45, 7) is 0.541. The van der Waals surface area contributed by atoms with E-state index in [0.29, 0.717) is 17.9 Å². The molecule has 27 heavy (non-hydrogen) atoms. The van der Waals surface area contributed by atoms with E-state index in [4.69, 9.17) is 4.74 Å². The van der Waals surface area contributed by atoms with E-state index in [0.717, 1.165) is 12.0 Å². The molecule has 2 aromatic carbocycles. The van der Waals surface area contributed by atoms with Crippen LogP contribution in [-0.4, -0.2) is 17.4 Å². The lowest BCUT2D eigenvalue weighted by molar-refractivity contribution is -0.116. The van der Waals surface area contributed by atoms with Crippen molar-refractivity contribution in [3.05, 3.63) is 96.1 Å². The number of carbonyl (C=O) groups is 1. The molecule has 4 nitrogen and oxygen atoms in total. The minimum absolute atomic E-state index is 0.104. The van der Waals surface area contributed by atoms with Crippen LogP contribution in [0.2, 0.25) is 0 Å². The Morgan fingerprint density at radius 2 is 1.96 bits per heavy atom. The Morgan fingerprint density at radius 1 is 1.11 bits per heavy atom. The van der Waals surface area contributed by atoms with Gasteiger partial charge in [0.05, 0.1) is 6.20 Å². The van der Waals surface area contributed by atoms with Crippen LogP contribution in [0.15, 0.2) is 79.1 Å². The molecule has 0 unspecified atom stereocenters. The van der Waals surface area contributed by atoms with E-state index in [2.05, 4.69) is 10.3 Å². The molecule has 0 fully saturated rings. The number of ether oxygens (including phenoxy) is 1. The van der Waals surface area contributed by atoms with Gasteiger partial charge < -0.3 is 10.1 Å². The predicted molar refractivity (Wildman–Crippen MR) is 103 cm³/mol. The van der Waals surface area contributed by atoms with Gasteiger partial charge >= 0.3 is 0 Å². The summed E-state index contributed by atoms with van der Waals surface area (Å²) in [5, 5.41) is 2.81. The van der Waals surface area contributed by atoms with Crippen LogP contribution in [0.5, 0.6) is 11.5 Å². The zero-order valence-corrected chi connectivity index (χ0v) is 14.6. The molecule has 3 aromatic rings. The first-order chi connectivity index (χ1) is 13.2. The SMILES string of the molecule is O=C(/C=C/c1ccc(Oc2cccnc2)c(F)c1)NCCc1ccccc1. The summed E-state index contributed by atoms with van der Waals surface area (Å²) in [4.78, 5) is 15.8. The van der Waals surface area contributed by atoms with Gasteiger partial charge in [0.25, 0.3) is 0 Å². The average Bonchev–Trinajstić information content (AvgIpc) is 2.70. The number of halogens is 1. The van der Waals surface area contributed by atoms with Crippen LogP contribution >= 0.6 is 0 Å². The maximum atomic E-state index is 14.2. The Morgan fingerprint density at radius 3 is 2.70 bits per heavy atom. The first kappa shape index (κ1) is 18.3. The molecular formula is C22H19FN2O2. The van der Waals surface area contributed by atoms with Crippen LogP contribution in [-0.2, 0) is 11.2 Å². The third-order valence-corrected chi connectivity index (χ3v) is 3.80. The number of aromatic nitrogens is 1. The minimum atomic E-state index is -0.509. The van der Waals surface area contributed by atoms with E-state index in [1.54, 1.807) is 30.5 Å². The van der Waals surface area contributed by atoms with Crippen LogP contribution in [0.25, 0.3) is 6.08 Å². The molecule has 0 aliphatic rings. The highest BCUT2D eigenvalue weighted by molar-refractivity contribution is 5.91. The second-order valence-corrected chi connectivity index (χ2v) is 5.84. The van der Waals surface area contributed by atoms with Gasteiger partial charge in [-0.15, -0.1) is 0 Å². The molecule has 0 aliphatic heterocycles. The fraction of sp³-hybridized carbons (Fsp3) is 0.0909. The van der Waals surface area contributed by atoms with E-state index >= 15 is 0 Å². The highest BCUT2D eigenvalue weighted by Gasteiger charge is 2.05. The number of benzene rings is 2. The molecule has 0 aliphatic carbocycles. The van der Waals surface area contributed by atoms with E-state index in [1.165, 1.54) is 24.4 Å². The first-order valence-electron chi connectivity index (χ1n) is 8.58. The van der Waals surface area contributed by atoms with Crippen LogP contribution in [0.3, 0.4) is 0 Å². The monoisotopic (exact) mass is 362 g/mol. The van der Waals surface area contributed by atoms with Gasteiger partial charge in [-0.3, -0.25) is 9.78 Å². The lowest BCUT2D eigenvalue weighted by Gasteiger charge is -2.06.